The minimum Gasteiger partial charge on any atom is -0.396 e. The Morgan fingerprint density at radius 3 is 3.18 bits per heavy atom. The summed E-state index contributed by atoms with van der Waals surface area (Å²) in [5, 5.41) is 9.10. The first kappa shape index (κ1) is 6.21. The molecule has 2 nitrogen and oxygen atoms in total. The molecule has 0 bridgehead atoms. The van der Waals surface area contributed by atoms with Crippen molar-refractivity contribution in [3.8, 4) is 0 Å². The average Bonchev–Trinajstić information content (AvgIpc) is 2.56. The number of rotatable bonds is 1. The number of epoxide rings is 1. The summed E-state index contributed by atoms with van der Waals surface area (Å²) in [7, 11) is 0. The normalized spacial score (nSPS) is 57.7. The number of ether oxygens (including phenoxy) is 1. The molecule has 11 heavy (non-hydrogen) atoms. The first-order valence-electron chi connectivity index (χ1n) is 4.35. The number of aliphatic hydroxyl groups excluding tert-OH is 1. The van der Waals surface area contributed by atoms with Gasteiger partial charge >= 0.3 is 0 Å². The maximum absolute atomic E-state index is 9.10. The third-order valence-corrected chi connectivity index (χ3v) is 3.37. The highest BCUT2D eigenvalue weighted by atomic mass is 16.6. The smallest absolute Gasteiger partial charge is 0.0900 e. The van der Waals surface area contributed by atoms with E-state index in [-0.39, 0.29) is 0 Å². The van der Waals surface area contributed by atoms with Gasteiger partial charge in [0.1, 0.15) is 0 Å². The first-order valence-corrected chi connectivity index (χ1v) is 4.35. The number of hydrogen-bond donors (Lipinski definition) is 1. The van der Waals surface area contributed by atoms with Crippen molar-refractivity contribution in [2.24, 2.45) is 17.8 Å². The van der Waals surface area contributed by atoms with Gasteiger partial charge in [-0.15, -0.1) is 0 Å². The quantitative estimate of drug-likeness (QED) is 0.440. The van der Waals surface area contributed by atoms with Gasteiger partial charge in [0.25, 0.3) is 0 Å². The largest absolute Gasteiger partial charge is 0.396 e. The molecule has 0 aromatic heterocycles. The zero-order chi connectivity index (χ0) is 7.42. The minimum absolute atomic E-state index is 0.298. The van der Waals surface area contributed by atoms with Crippen LogP contribution in [0.2, 0.25) is 0 Å². The van der Waals surface area contributed by atoms with Crippen LogP contribution in [-0.2, 0) is 4.74 Å². The molecule has 2 heteroatoms. The lowest BCUT2D eigenvalue weighted by atomic mass is 9.92. The summed E-state index contributed by atoms with van der Waals surface area (Å²) in [5.41, 5.74) is 0. The Bertz CT molecular complexity index is 212. The van der Waals surface area contributed by atoms with Crippen LogP contribution in [0.15, 0.2) is 12.2 Å². The van der Waals surface area contributed by atoms with Crippen LogP contribution in [0.5, 0.6) is 0 Å². The Labute approximate surface area is 65.9 Å². The van der Waals surface area contributed by atoms with Gasteiger partial charge in [-0.2, -0.15) is 0 Å². The fourth-order valence-electron chi connectivity index (χ4n) is 2.78. The van der Waals surface area contributed by atoms with Gasteiger partial charge in [0.15, 0.2) is 0 Å². The topological polar surface area (TPSA) is 32.8 Å². The fraction of sp³-hybridized carbons (Fsp3) is 0.778. The van der Waals surface area contributed by atoms with Crippen LogP contribution in [-0.4, -0.2) is 23.9 Å². The number of hydrogen-bond acceptors (Lipinski definition) is 2. The van der Waals surface area contributed by atoms with E-state index in [1.807, 2.05) is 0 Å². The van der Waals surface area contributed by atoms with Gasteiger partial charge < -0.3 is 9.84 Å². The molecule has 1 aliphatic heterocycles. The second kappa shape index (κ2) is 1.87. The van der Waals surface area contributed by atoms with Crippen LogP contribution in [0.3, 0.4) is 0 Å². The van der Waals surface area contributed by atoms with Gasteiger partial charge in [-0.05, 0) is 18.3 Å². The van der Waals surface area contributed by atoms with Crippen molar-refractivity contribution in [1.29, 1.82) is 0 Å². The minimum atomic E-state index is 0.298. The Kier molecular flexibility index (Phi) is 1.06. The Hall–Kier alpha value is -0.340. The van der Waals surface area contributed by atoms with Crippen LogP contribution in [0.4, 0.5) is 0 Å². The summed E-state index contributed by atoms with van der Waals surface area (Å²) in [5.74, 6) is 1.74. The molecule has 5 unspecified atom stereocenters. The van der Waals surface area contributed by atoms with E-state index in [1.54, 1.807) is 0 Å². The van der Waals surface area contributed by atoms with Crippen LogP contribution < -0.4 is 0 Å². The standard InChI is InChI=1S/C9H12O2/c10-4-7-5-2-1-3-6(5)8-9(7)11-8/h1-2,5-10H,3-4H2. The summed E-state index contributed by atoms with van der Waals surface area (Å²) < 4.78 is 5.47. The maximum Gasteiger partial charge on any atom is 0.0900 e. The molecule has 0 aromatic carbocycles. The molecule has 1 heterocycles. The second-order valence-corrected chi connectivity index (χ2v) is 3.82. The molecule has 60 valence electrons. The summed E-state index contributed by atoms with van der Waals surface area (Å²) >= 11 is 0. The van der Waals surface area contributed by atoms with Gasteiger partial charge in [-0.3, -0.25) is 0 Å². The maximum atomic E-state index is 9.10. The first-order chi connectivity index (χ1) is 5.42. The molecule has 5 atom stereocenters. The van der Waals surface area contributed by atoms with Crippen molar-refractivity contribution >= 4 is 0 Å². The molecular weight excluding hydrogens is 140 g/mol. The molecule has 0 aromatic rings. The highest BCUT2D eigenvalue weighted by Crippen LogP contribution is 2.54. The van der Waals surface area contributed by atoms with E-state index in [4.69, 9.17) is 9.84 Å². The molecule has 2 fully saturated rings. The van der Waals surface area contributed by atoms with Crippen molar-refractivity contribution < 1.29 is 9.84 Å². The lowest BCUT2D eigenvalue weighted by molar-refractivity contribution is 0.123. The van der Waals surface area contributed by atoms with E-state index >= 15 is 0 Å². The fourth-order valence-corrected chi connectivity index (χ4v) is 2.78. The van der Waals surface area contributed by atoms with Gasteiger partial charge in [0.05, 0.1) is 12.2 Å². The molecule has 1 saturated heterocycles. The Morgan fingerprint density at radius 1 is 1.45 bits per heavy atom. The summed E-state index contributed by atoms with van der Waals surface area (Å²) in [6.45, 7) is 0.298. The van der Waals surface area contributed by atoms with Crippen LogP contribution in [0.25, 0.3) is 0 Å². The van der Waals surface area contributed by atoms with Crippen molar-refractivity contribution in [3.05, 3.63) is 12.2 Å². The van der Waals surface area contributed by atoms with Crippen LogP contribution >= 0.6 is 0 Å². The van der Waals surface area contributed by atoms with E-state index in [0.717, 1.165) is 0 Å². The Balaban J connectivity index is 1.89. The molecule has 0 amide bonds. The van der Waals surface area contributed by atoms with Gasteiger partial charge in [0.2, 0.25) is 0 Å². The van der Waals surface area contributed by atoms with Crippen molar-refractivity contribution in [1.82, 2.24) is 0 Å². The average molecular weight is 152 g/mol. The SMILES string of the molecule is OCC1C2C=CCC2C2OC12. The van der Waals surface area contributed by atoms with Gasteiger partial charge in [0, 0.05) is 12.5 Å². The van der Waals surface area contributed by atoms with E-state index in [9.17, 15) is 0 Å². The molecule has 3 rings (SSSR count). The molecular formula is C9H12O2. The number of aliphatic hydroxyl groups is 1. The summed E-state index contributed by atoms with van der Waals surface area (Å²) in [4.78, 5) is 0. The van der Waals surface area contributed by atoms with E-state index in [1.165, 1.54) is 6.42 Å². The van der Waals surface area contributed by atoms with E-state index < -0.39 is 0 Å². The highest BCUT2D eigenvalue weighted by molar-refractivity contribution is 5.18. The molecule has 1 N–H and O–H groups in total. The predicted octanol–water partition coefficient (Wildman–Crippen LogP) is 0.568. The van der Waals surface area contributed by atoms with Crippen LogP contribution in [0, 0.1) is 17.8 Å². The molecule has 3 aliphatic rings. The van der Waals surface area contributed by atoms with Gasteiger partial charge in [-0.25, -0.2) is 0 Å². The Morgan fingerprint density at radius 2 is 2.36 bits per heavy atom. The molecule has 0 radical (unpaired) electrons. The molecule has 0 spiro atoms. The molecule has 1 saturated carbocycles. The summed E-state index contributed by atoms with van der Waals surface area (Å²) in [6, 6.07) is 0. The zero-order valence-corrected chi connectivity index (χ0v) is 6.31. The third kappa shape index (κ3) is 0.644. The zero-order valence-electron chi connectivity index (χ0n) is 6.31. The van der Waals surface area contributed by atoms with Crippen molar-refractivity contribution in [2.45, 2.75) is 18.6 Å². The van der Waals surface area contributed by atoms with E-state index in [0.29, 0.717) is 36.6 Å². The van der Waals surface area contributed by atoms with E-state index in [2.05, 4.69) is 12.2 Å². The highest BCUT2D eigenvalue weighted by Gasteiger charge is 2.61. The lowest BCUT2D eigenvalue weighted by Gasteiger charge is -2.18. The lowest BCUT2D eigenvalue weighted by Crippen LogP contribution is -2.20. The number of fused-ring (bicyclic) bond motifs is 3. The van der Waals surface area contributed by atoms with Crippen LogP contribution in [0.1, 0.15) is 6.42 Å². The van der Waals surface area contributed by atoms with Gasteiger partial charge in [-0.1, -0.05) is 12.2 Å². The number of allylic oxidation sites excluding steroid dienone is 2. The summed E-state index contributed by atoms with van der Waals surface area (Å²) in [6.07, 6.45) is 6.56. The van der Waals surface area contributed by atoms with Crippen molar-refractivity contribution in [2.75, 3.05) is 6.61 Å². The monoisotopic (exact) mass is 152 g/mol. The van der Waals surface area contributed by atoms with Crippen molar-refractivity contribution in [3.63, 3.8) is 0 Å². The second-order valence-electron chi connectivity index (χ2n) is 3.82. The predicted molar refractivity (Wildman–Crippen MR) is 40.0 cm³/mol. The molecule has 2 aliphatic carbocycles. The third-order valence-electron chi connectivity index (χ3n) is 3.37.